The van der Waals surface area contributed by atoms with Crippen molar-refractivity contribution in [1.29, 1.82) is 0 Å². The van der Waals surface area contributed by atoms with E-state index in [9.17, 15) is 0 Å². The molecule has 2 heteroatoms. The number of nitrogens with two attached hydrogens (primary N) is 1. The summed E-state index contributed by atoms with van der Waals surface area (Å²) in [6.07, 6.45) is 2.14. The number of hydrogen-bond acceptors (Lipinski definition) is 2. The highest BCUT2D eigenvalue weighted by atomic mass is 14.9. The van der Waals surface area contributed by atoms with Crippen LogP contribution >= 0.6 is 0 Å². The molecule has 78 valence electrons. The zero-order valence-electron chi connectivity index (χ0n) is 8.87. The highest BCUT2D eigenvalue weighted by Gasteiger charge is 2.00. The van der Waals surface area contributed by atoms with E-state index in [4.69, 9.17) is 5.73 Å². The molecule has 1 aromatic carbocycles. The van der Waals surface area contributed by atoms with Crippen molar-refractivity contribution in [1.82, 2.24) is 5.32 Å². The van der Waals surface area contributed by atoms with Gasteiger partial charge in [-0.15, -0.1) is 0 Å². The lowest BCUT2D eigenvalue weighted by atomic mass is 10.1. The molecule has 0 heterocycles. The Kier molecular flexibility index (Phi) is 5.27. The van der Waals surface area contributed by atoms with Gasteiger partial charge in [-0.2, -0.15) is 0 Å². The van der Waals surface area contributed by atoms with Crippen molar-refractivity contribution in [2.75, 3.05) is 13.1 Å². The van der Waals surface area contributed by atoms with Crippen LogP contribution in [0, 0.1) is 0 Å². The first-order valence-electron chi connectivity index (χ1n) is 5.30. The molecule has 14 heavy (non-hydrogen) atoms. The molecule has 1 atom stereocenters. The first-order valence-corrected chi connectivity index (χ1v) is 5.30. The van der Waals surface area contributed by atoms with E-state index in [-0.39, 0.29) is 0 Å². The van der Waals surface area contributed by atoms with Gasteiger partial charge in [-0.25, -0.2) is 0 Å². The van der Waals surface area contributed by atoms with E-state index in [1.807, 2.05) is 0 Å². The Balaban J connectivity index is 2.23. The van der Waals surface area contributed by atoms with Crippen molar-refractivity contribution < 1.29 is 0 Å². The summed E-state index contributed by atoms with van der Waals surface area (Å²) in [7, 11) is 0. The van der Waals surface area contributed by atoms with Crippen molar-refractivity contribution in [3.05, 3.63) is 35.9 Å². The highest BCUT2D eigenvalue weighted by Crippen LogP contribution is 2.02. The molecule has 0 saturated carbocycles. The third kappa shape index (κ3) is 4.40. The van der Waals surface area contributed by atoms with Gasteiger partial charge in [-0.3, -0.25) is 0 Å². The van der Waals surface area contributed by atoms with Crippen molar-refractivity contribution in [3.63, 3.8) is 0 Å². The fourth-order valence-electron chi connectivity index (χ4n) is 1.49. The molecule has 0 aromatic heterocycles. The molecule has 3 N–H and O–H groups in total. The zero-order chi connectivity index (χ0) is 10.2. The predicted molar refractivity (Wildman–Crippen MR) is 61.3 cm³/mol. The summed E-state index contributed by atoms with van der Waals surface area (Å²) in [5, 5.41) is 3.45. The molecule has 0 aliphatic carbocycles. The minimum atomic E-state index is 0.531. The van der Waals surface area contributed by atoms with Crippen LogP contribution in [0.4, 0.5) is 0 Å². The molecule has 0 spiro atoms. The molecule has 1 unspecified atom stereocenters. The van der Waals surface area contributed by atoms with E-state index >= 15 is 0 Å². The van der Waals surface area contributed by atoms with Crippen LogP contribution in [0.25, 0.3) is 0 Å². The van der Waals surface area contributed by atoms with Crippen molar-refractivity contribution in [2.45, 2.75) is 25.8 Å². The Morgan fingerprint density at radius 2 is 2.00 bits per heavy atom. The lowest BCUT2D eigenvalue weighted by Crippen LogP contribution is -2.30. The van der Waals surface area contributed by atoms with Crippen LogP contribution < -0.4 is 11.1 Å². The van der Waals surface area contributed by atoms with Crippen LogP contribution in [0.3, 0.4) is 0 Å². The van der Waals surface area contributed by atoms with E-state index in [1.54, 1.807) is 0 Å². The van der Waals surface area contributed by atoms with Gasteiger partial charge in [-0.05, 0) is 38.4 Å². The maximum absolute atomic E-state index is 5.43. The smallest absolute Gasteiger partial charge is 0.00791 e. The van der Waals surface area contributed by atoms with E-state index in [0.29, 0.717) is 6.04 Å². The Bertz CT molecular complexity index is 233. The molecule has 0 aliphatic rings. The summed E-state index contributed by atoms with van der Waals surface area (Å²) < 4.78 is 0. The molecule has 2 nitrogen and oxygen atoms in total. The summed E-state index contributed by atoms with van der Waals surface area (Å²) in [5.74, 6) is 0. The molecule has 1 rings (SSSR count). The summed E-state index contributed by atoms with van der Waals surface area (Å²) in [5.41, 5.74) is 6.82. The second-order valence-corrected chi connectivity index (χ2v) is 3.69. The van der Waals surface area contributed by atoms with Crippen molar-refractivity contribution in [3.8, 4) is 0 Å². The van der Waals surface area contributed by atoms with Crippen LogP contribution in [-0.4, -0.2) is 19.1 Å². The van der Waals surface area contributed by atoms with E-state index in [0.717, 1.165) is 25.9 Å². The van der Waals surface area contributed by atoms with Crippen molar-refractivity contribution in [2.24, 2.45) is 5.73 Å². The molecule has 0 amide bonds. The summed E-state index contributed by atoms with van der Waals surface area (Å²) in [6.45, 7) is 4.00. The van der Waals surface area contributed by atoms with Gasteiger partial charge < -0.3 is 11.1 Å². The molecule has 0 fully saturated rings. The number of benzene rings is 1. The molecular weight excluding hydrogens is 172 g/mol. The standard InChI is InChI=1S/C12H20N2/c1-11(14-9-5-8-13)10-12-6-3-2-4-7-12/h2-4,6-7,11,14H,5,8-10,13H2,1H3. The van der Waals surface area contributed by atoms with E-state index < -0.39 is 0 Å². The average Bonchev–Trinajstić information content (AvgIpc) is 2.20. The number of rotatable bonds is 6. The lowest BCUT2D eigenvalue weighted by Gasteiger charge is -2.13. The van der Waals surface area contributed by atoms with Gasteiger partial charge in [0.15, 0.2) is 0 Å². The van der Waals surface area contributed by atoms with Crippen molar-refractivity contribution >= 4 is 0 Å². The third-order valence-corrected chi connectivity index (χ3v) is 2.26. The fourth-order valence-corrected chi connectivity index (χ4v) is 1.49. The average molecular weight is 192 g/mol. The SMILES string of the molecule is CC(Cc1ccccc1)NCCCN. The van der Waals surface area contributed by atoms with Crippen LogP contribution in [-0.2, 0) is 6.42 Å². The maximum atomic E-state index is 5.43. The molecule has 0 bridgehead atoms. The molecule has 0 radical (unpaired) electrons. The fraction of sp³-hybridized carbons (Fsp3) is 0.500. The van der Waals surface area contributed by atoms with Gasteiger partial charge in [0.05, 0.1) is 0 Å². The molecule has 0 aliphatic heterocycles. The first-order chi connectivity index (χ1) is 6.83. The number of hydrogen-bond donors (Lipinski definition) is 2. The Hall–Kier alpha value is -0.860. The van der Waals surface area contributed by atoms with Gasteiger partial charge in [0.2, 0.25) is 0 Å². The molecule has 1 aromatic rings. The Labute approximate surface area is 86.5 Å². The minimum absolute atomic E-state index is 0.531. The molecule has 0 saturated heterocycles. The second-order valence-electron chi connectivity index (χ2n) is 3.69. The largest absolute Gasteiger partial charge is 0.330 e. The van der Waals surface area contributed by atoms with Gasteiger partial charge in [-0.1, -0.05) is 30.3 Å². The summed E-state index contributed by atoms with van der Waals surface area (Å²) in [4.78, 5) is 0. The Morgan fingerprint density at radius 3 is 2.64 bits per heavy atom. The zero-order valence-corrected chi connectivity index (χ0v) is 8.87. The van der Waals surface area contributed by atoms with Gasteiger partial charge >= 0.3 is 0 Å². The third-order valence-electron chi connectivity index (χ3n) is 2.26. The monoisotopic (exact) mass is 192 g/mol. The highest BCUT2D eigenvalue weighted by molar-refractivity contribution is 5.15. The summed E-state index contributed by atoms with van der Waals surface area (Å²) >= 11 is 0. The van der Waals surface area contributed by atoms with Gasteiger partial charge in [0.1, 0.15) is 0 Å². The predicted octanol–water partition coefficient (Wildman–Crippen LogP) is 1.56. The quantitative estimate of drug-likeness (QED) is 0.671. The second kappa shape index (κ2) is 6.57. The lowest BCUT2D eigenvalue weighted by molar-refractivity contribution is 0.537. The van der Waals surface area contributed by atoms with Crippen LogP contribution in [0.2, 0.25) is 0 Å². The topological polar surface area (TPSA) is 38.0 Å². The maximum Gasteiger partial charge on any atom is 0.00791 e. The van der Waals surface area contributed by atoms with E-state index in [1.165, 1.54) is 5.56 Å². The number of nitrogens with one attached hydrogen (secondary N) is 1. The van der Waals surface area contributed by atoms with Gasteiger partial charge in [0.25, 0.3) is 0 Å². The molecular formula is C12H20N2. The van der Waals surface area contributed by atoms with E-state index in [2.05, 4.69) is 42.6 Å². The van der Waals surface area contributed by atoms with Crippen LogP contribution in [0.5, 0.6) is 0 Å². The summed E-state index contributed by atoms with van der Waals surface area (Å²) in [6, 6.07) is 11.1. The van der Waals surface area contributed by atoms with Crippen LogP contribution in [0.1, 0.15) is 18.9 Å². The van der Waals surface area contributed by atoms with Gasteiger partial charge in [0, 0.05) is 6.04 Å². The van der Waals surface area contributed by atoms with Crippen LogP contribution in [0.15, 0.2) is 30.3 Å². The first kappa shape index (κ1) is 11.2. The minimum Gasteiger partial charge on any atom is -0.330 e. The normalized spacial score (nSPS) is 12.7. The Morgan fingerprint density at radius 1 is 1.29 bits per heavy atom.